The van der Waals surface area contributed by atoms with Crippen LogP contribution in [0, 0.1) is 5.41 Å². The van der Waals surface area contributed by atoms with Crippen LogP contribution in [-0.2, 0) is 4.74 Å². The molecule has 1 saturated heterocycles. The largest absolute Gasteiger partial charge is 0.398 e. The molecule has 1 aromatic heterocycles. The Morgan fingerprint density at radius 3 is 2.67 bits per heavy atom. The normalized spacial score (nSPS) is 14.9. The number of nitrogens with one attached hydrogen (secondary N) is 1. The van der Waals surface area contributed by atoms with Gasteiger partial charge in [-0.05, 0) is 29.8 Å². The Kier molecular flexibility index (Phi) is 5.58. The minimum Gasteiger partial charge on any atom is -0.398 e. The third-order valence-electron chi connectivity index (χ3n) is 4.37. The number of rotatable bonds is 5. The lowest BCUT2D eigenvalue weighted by molar-refractivity contribution is 0.122. The lowest BCUT2D eigenvalue weighted by Gasteiger charge is -2.28. The molecule has 0 atom stereocenters. The zero-order valence-corrected chi connectivity index (χ0v) is 15.4. The van der Waals surface area contributed by atoms with Gasteiger partial charge in [-0.3, -0.25) is 5.41 Å². The van der Waals surface area contributed by atoms with Crippen LogP contribution in [0.1, 0.15) is 16.7 Å². The highest BCUT2D eigenvalue weighted by Crippen LogP contribution is 2.23. The van der Waals surface area contributed by atoms with Gasteiger partial charge < -0.3 is 26.1 Å². The fraction of sp³-hybridized carbons (Fsp3) is 0.263. The van der Waals surface area contributed by atoms with Gasteiger partial charge in [-0.15, -0.1) is 0 Å². The smallest absolute Gasteiger partial charge is 0.129 e. The molecular formula is C19H25N7O. The lowest BCUT2D eigenvalue weighted by atomic mass is 9.98. The van der Waals surface area contributed by atoms with Gasteiger partial charge in [0.25, 0.3) is 0 Å². The summed E-state index contributed by atoms with van der Waals surface area (Å²) in [6.45, 7) is 2.93. The fourth-order valence-electron chi connectivity index (χ4n) is 2.94. The van der Waals surface area contributed by atoms with Crippen LogP contribution in [0.25, 0.3) is 5.70 Å². The maximum absolute atomic E-state index is 8.66. The molecule has 0 spiro atoms. The Balaban J connectivity index is 1.91. The number of hydrogen-bond donors (Lipinski definition) is 4. The Morgan fingerprint density at radius 2 is 1.96 bits per heavy atom. The molecular weight excluding hydrogens is 342 g/mol. The van der Waals surface area contributed by atoms with Gasteiger partial charge in [0.2, 0.25) is 0 Å². The summed E-state index contributed by atoms with van der Waals surface area (Å²) in [6, 6.07) is 9.09. The number of hydrogen-bond acceptors (Lipinski definition) is 8. The number of morpholine rings is 1. The number of benzene rings is 1. The third-order valence-corrected chi connectivity index (χ3v) is 4.37. The van der Waals surface area contributed by atoms with E-state index in [1.54, 1.807) is 25.5 Å². The van der Waals surface area contributed by atoms with Crippen molar-refractivity contribution in [2.24, 2.45) is 11.6 Å². The average molecular weight is 367 g/mol. The SMILES string of the molecule is CN(N)/C=C(\N)c1ccc(N)c(C(=N)c2ccnc(N3CCOCC3)c2)c1. The quantitative estimate of drug-likeness (QED) is 0.268. The Morgan fingerprint density at radius 1 is 1.22 bits per heavy atom. The van der Waals surface area contributed by atoms with E-state index in [-0.39, 0.29) is 0 Å². The van der Waals surface area contributed by atoms with Crippen molar-refractivity contribution in [3.05, 3.63) is 59.4 Å². The summed E-state index contributed by atoms with van der Waals surface area (Å²) in [4.78, 5) is 6.58. The molecule has 1 aliphatic rings. The molecule has 0 radical (unpaired) electrons. The Bertz CT molecular complexity index is 857. The molecule has 1 aliphatic heterocycles. The molecule has 1 fully saturated rings. The predicted octanol–water partition coefficient (Wildman–Crippen LogP) is 0.979. The van der Waals surface area contributed by atoms with Crippen LogP contribution >= 0.6 is 0 Å². The highest BCUT2D eigenvalue weighted by molar-refractivity contribution is 6.14. The van der Waals surface area contributed by atoms with Crippen molar-refractivity contribution < 1.29 is 4.74 Å². The first-order chi connectivity index (χ1) is 13.0. The minimum atomic E-state index is 0.320. The van der Waals surface area contributed by atoms with E-state index in [2.05, 4.69) is 9.88 Å². The maximum Gasteiger partial charge on any atom is 0.129 e. The van der Waals surface area contributed by atoms with E-state index >= 15 is 0 Å². The third kappa shape index (κ3) is 4.36. The van der Waals surface area contributed by atoms with E-state index in [0.717, 1.165) is 30.0 Å². The molecule has 142 valence electrons. The number of aromatic nitrogens is 1. The van der Waals surface area contributed by atoms with E-state index in [1.165, 1.54) is 5.01 Å². The molecule has 0 unspecified atom stereocenters. The van der Waals surface area contributed by atoms with Gasteiger partial charge in [0.15, 0.2) is 0 Å². The zero-order chi connectivity index (χ0) is 19.4. The van der Waals surface area contributed by atoms with Crippen LogP contribution in [0.15, 0.2) is 42.7 Å². The van der Waals surface area contributed by atoms with Gasteiger partial charge in [-0.1, -0.05) is 6.07 Å². The molecule has 8 nitrogen and oxygen atoms in total. The first-order valence-corrected chi connectivity index (χ1v) is 8.68. The van der Waals surface area contributed by atoms with Gasteiger partial charge in [-0.25, -0.2) is 10.8 Å². The van der Waals surface area contributed by atoms with Crippen LogP contribution in [0.4, 0.5) is 11.5 Å². The molecule has 1 aromatic carbocycles. The Labute approximate surface area is 158 Å². The van der Waals surface area contributed by atoms with Crippen LogP contribution in [0.3, 0.4) is 0 Å². The topological polar surface area (TPSA) is 131 Å². The van der Waals surface area contributed by atoms with Crippen molar-refractivity contribution in [3.63, 3.8) is 0 Å². The monoisotopic (exact) mass is 367 g/mol. The van der Waals surface area contributed by atoms with Crippen LogP contribution in [-0.4, -0.2) is 49.1 Å². The van der Waals surface area contributed by atoms with E-state index in [4.69, 9.17) is 27.5 Å². The number of anilines is 2. The highest BCUT2D eigenvalue weighted by Gasteiger charge is 2.15. The summed E-state index contributed by atoms with van der Waals surface area (Å²) in [7, 11) is 1.69. The van der Waals surface area contributed by atoms with Gasteiger partial charge in [0.1, 0.15) is 5.82 Å². The van der Waals surface area contributed by atoms with Crippen LogP contribution < -0.4 is 22.2 Å². The van der Waals surface area contributed by atoms with Gasteiger partial charge >= 0.3 is 0 Å². The van der Waals surface area contributed by atoms with E-state index in [0.29, 0.717) is 35.9 Å². The second kappa shape index (κ2) is 8.07. The van der Waals surface area contributed by atoms with Gasteiger partial charge in [-0.2, -0.15) is 0 Å². The maximum atomic E-state index is 8.66. The number of ether oxygens (including phenoxy) is 1. The second-order valence-corrected chi connectivity index (χ2v) is 6.43. The molecule has 7 N–H and O–H groups in total. The first-order valence-electron chi connectivity index (χ1n) is 8.68. The molecule has 0 saturated carbocycles. The molecule has 3 rings (SSSR count). The fourth-order valence-corrected chi connectivity index (χ4v) is 2.94. The summed E-state index contributed by atoms with van der Waals surface area (Å²) < 4.78 is 5.39. The number of nitrogen functional groups attached to an aromatic ring is 1. The number of hydrazine groups is 1. The lowest BCUT2D eigenvalue weighted by Crippen LogP contribution is -2.36. The molecule has 0 bridgehead atoms. The molecule has 27 heavy (non-hydrogen) atoms. The predicted molar refractivity (Wildman–Crippen MR) is 108 cm³/mol. The highest BCUT2D eigenvalue weighted by atomic mass is 16.5. The van der Waals surface area contributed by atoms with Gasteiger partial charge in [0.05, 0.1) is 24.6 Å². The summed E-state index contributed by atoms with van der Waals surface area (Å²) in [6.07, 6.45) is 3.33. The standard InChI is InChI=1S/C19H25N7O/c1-25(23)12-17(21)13-2-3-16(20)15(10-13)19(22)14-4-5-24-18(11-14)26-6-8-27-9-7-26/h2-5,10-12,22H,6-9,20-21,23H2,1H3/b17-12-,22-19?. The van der Waals surface area contributed by atoms with Crippen molar-refractivity contribution in [1.82, 2.24) is 9.99 Å². The molecule has 0 aliphatic carbocycles. The molecule has 8 heteroatoms. The second-order valence-electron chi connectivity index (χ2n) is 6.43. The van der Waals surface area contributed by atoms with Crippen LogP contribution in [0.5, 0.6) is 0 Å². The van der Waals surface area contributed by atoms with Crippen LogP contribution in [0.2, 0.25) is 0 Å². The van der Waals surface area contributed by atoms with E-state index in [9.17, 15) is 0 Å². The number of nitrogens with zero attached hydrogens (tertiary/aromatic N) is 3. The summed E-state index contributed by atoms with van der Waals surface area (Å²) >= 11 is 0. The average Bonchev–Trinajstić information content (AvgIpc) is 2.68. The summed E-state index contributed by atoms with van der Waals surface area (Å²) in [5.74, 6) is 6.46. The van der Waals surface area contributed by atoms with E-state index in [1.807, 2.05) is 24.3 Å². The summed E-state index contributed by atoms with van der Waals surface area (Å²) in [5.41, 5.74) is 15.7. The van der Waals surface area contributed by atoms with Crippen molar-refractivity contribution in [1.29, 1.82) is 5.41 Å². The first kappa shape index (κ1) is 18.7. The molecule has 2 heterocycles. The molecule has 2 aromatic rings. The minimum absolute atomic E-state index is 0.320. The number of nitrogens with two attached hydrogens (primary N) is 3. The zero-order valence-electron chi connectivity index (χ0n) is 15.4. The van der Waals surface area contributed by atoms with Crippen molar-refractivity contribution in [2.45, 2.75) is 0 Å². The Hall–Kier alpha value is -3.10. The van der Waals surface area contributed by atoms with Crippen molar-refractivity contribution >= 4 is 22.9 Å². The van der Waals surface area contributed by atoms with Crippen molar-refractivity contribution in [3.8, 4) is 0 Å². The van der Waals surface area contributed by atoms with Gasteiger partial charge in [0, 0.05) is 49.3 Å². The van der Waals surface area contributed by atoms with E-state index < -0.39 is 0 Å². The number of pyridine rings is 1. The van der Waals surface area contributed by atoms with Crippen molar-refractivity contribution in [2.75, 3.05) is 44.0 Å². The molecule has 0 amide bonds. The summed E-state index contributed by atoms with van der Waals surface area (Å²) in [5, 5.41) is 10.0.